The lowest BCUT2D eigenvalue weighted by molar-refractivity contribution is -0.137. The third kappa shape index (κ3) is 4.57. The molecule has 9 nitrogen and oxygen atoms in total. The lowest BCUT2D eigenvalue weighted by atomic mass is 10.0. The van der Waals surface area contributed by atoms with Gasteiger partial charge in [0, 0.05) is 48.9 Å². The molecule has 0 radical (unpaired) electrons. The van der Waals surface area contributed by atoms with Crippen molar-refractivity contribution in [1.82, 2.24) is 9.97 Å². The Kier molecular flexibility index (Phi) is 6.13. The summed E-state index contributed by atoms with van der Waals surface area (Å²) in [6.45, 7) is 1.39. The van der Waals surface area contributed by atoms with Crippen LogP contribution in [0.1, 0.15) is 24.8 Å². The number of carboxylic acids is 1. The van der Waals surface area contributed by atoms with Gasteiger partial charge in [0.25, 0.3) is 10.9 Å². The molecule has 2 aromatic heterocycles. The highest BCUT2D eigenvalue weighted by Crippen LogP contribution is 2.28. The number of aliphatic carboxylic acids is 1. The van der Waals surface area contributed by atoms with E-state index in [1.54, 1.807) is 42.9 Å². The van der Waals surface area contributed by atoms with Gasteiger partial charge in [-0.25, -0.2) is 9.78 Å². The molecule has 1 aliphatic heterocycles. The molecule has 0 saturated carbocycles. The zero-order valence-corrected chi connectivity index (χ0v) is 18.9. The molecule has 0 aliphatic carbocycles. The number of hydrogen-bond donors (Lipinski definition) is 2. The predicted molar refractivity (Wildman–Crippen MR) is 132 cm³/mol. The summed E-state index contributed by atoms with van der Waals surface area (Å²) in [5.74, 6) is -0.0927. The molecule has 1 unspecified atom stereocenters. The van der Waals surface area contributed by atoms with Gasteiger partial charge in [-0.1, -0.05) is 12.1 Å². The summed E-state index contributed by atoms with van der Waals surface area (Å²) in [7, 11) is 0. The second-order valence-corrected chi connectivity index (χ2v) is 8.63. The number of ether oxygens (including phenoxy) is 1. The minimum absolute atomic E-state index is 0.112. The number of anilines is 2. The average Bonchev–Trinajstić information content (AvgIpc) is 2.89. The van der Waals surface area contributed by atoms with E-state index < -0.39 is 22.9 Å². The molecule has 1 aliphatic rings. The standard InChI is InChI=1S/C26H24N4O5/c31-23-21(22(24(23)32)30-12-2-1-3-13-30)29-20(26(33)34)14-16-4-6-18(7-5-16)35-25-19-9-10-27-15-17(19)8-11-28-25/h4-11,15,20,29H,1-3,12-14H2,(H,33,34). The number of benzene rings is 1. The van der Waals surface area contributed by atoms with Crippen LogP contribution in [-0.4, -0.2) is 40.2 Å². The summed E-state index contributed by atoms with van der Waals surface area (Å²) in [4.78, 5) is 46.6. The Bertz CT molecular complexity index is 1430. The average molecular weight is 473 g/mol. The highest BCUT2D eigenvalue weighted by Gasteiger charge is 2.30. The smallest absolute Gasteiger partial charge is 0.326 e. The number of nitrogens with zero attached hydrogens (tertiary/aromatic N) is 3. The van der Waals surface area contributed by atoms with Crippen LogP contribution in [0.4, 0.5) is 11.4 Å². The Balaban J connectivity index is 1.30. The number of piperidine rings is 1. The molecule has 1 fully saturated rings. The molecule has 2 N–H and O–H groups in total. The largest absolute Gasteiger partial charge is 0.480 e. The maximum absolute atomic E-state index is 12.2. The fraction of sp³-hybridized carbons (Fsp3) is 0.269. The second-order valence-electron chi connectivity index (χ2n) is 8.63. The minimum atomic E-state index is -1.10. The first-order chi connectivity index (χ1) is 17.0. The van der Waals surface area contributed by atoms with Gasteiger partial charge in [-0.2, -0.15) is 0 Å². The first kappa shape index (κ1) is 22.5. The third-order valence-electron chi connectivity index (χ3n) is 6.28. The SMILES string of the molecule is O=C(O)C(Cc1ccc(Oc2nccc3cnccc23)cc1)Nc1c(N2CCCCC2)c(=O)c1=O. The van der Waals surface area contributed by atoms with Gasteiger partial charge in [-0.3, -0.25) is 14.6 Å². The van der Waals surface area contributed by atoms with Gasteiger partial charge < -0.3 is 20.1 Å². The Morgan fingerprint density at radius 3 is 2.54 bits per heavy atom. The van der Waals surface area contributed by atoms with Crippen molar-refractivity contribution >= 4 is 28.1 Å². The molecule has 178 valence electrons. The summed E-state index contributed by atoms with van der Waals surface area (Å²) >= 11 is 0. The van der Waals surface area contributed by atoms with E-state index in [-0.39, 0.29) is 12.1 Å². The van der Waals surface area contributed by atoms with Crippen molar-refractivity contribution in [3.63, 3.8) is 0 Å². The number of carboxylic acid groups (broad SMARTS) is 1. The Morgan fingerprint density at radius 1 is 1.03 bits per heavy atom. The van der Waals surface area contributed by atoms with Gasteiger partial charge in [-0.15, -0.1) is 0 Å². The minimum Gasteiger partial charge on any atom is -0.480 e. The molecule has 5 rings (SSSR count). The van der Waals surface area contributed by atoms with Crippen LogP contribution >= 0.6 is 0 Å². The summed E-state index contributed by atoms with van der Waals surface area (Å²) in [5.41, 5.74) is -0.0231. The van der Waals surface area contributed by atoms with Crippen LogP contribution in [-0.2, 0) is 11.2 Å². The van der Waals surface area contributed by atoms with Crippen LogP contribution in [0.15, 0.2) is 64.6 Å². The van der Waals surface area contributed by atoms with E-state index in [1.165, 1.54) is 0 Å². The molecule has 2 aromatic carbocycles. The number of fused-ring (bicyclic) bond motifs is 1. The molecule has 0 bridgehead atoms. The fourth-order valence-electron chi connectivity index (χ4n) is 4.42. The molecule has 9 heteroatoms. The van der Waals surface area contributed by atoms with E-state index in [0.29, 0.717) is 30.4 Å². The highest BCUT2D eigenvalue weighted by atomic mass is 16.5. The lowest BCUT2D eigenvalue weighted by Crippen LogP contribution is -2.47. The van der Waals surface area contributed by atoms with Crippen LogP contribution < -0.4 is 25.8 Å². The van der Waals surface area contributed by atoms with Crippen LogP contribution in [0, 0.1) is 0 Å². The molecule has 0 spiro atoms. The number of aromatic nitrogens is 2. The molecule has 1 saturated heterocycles. The number of carbonyl (C=O) groups is 1. The molecule has 4 aromatic rings. The van der Waals surface area contributed by atoms with E-state index in [0.717, 1.165) is 35.6 Å². The van der Waals surface area contributed by atoms with Crippen LogP contribution in [0.3, 0.4) is 0 Å². The van der Waals surface area contributed by atoms with Gasteiger partial charge in [0.1, 0.15) is 23.2 Å². The van der Waals surface area contributed by atoms with Crippen LogP contribution in [0.25, 0.3) is 10.8 Å². The third-order valence-corrected chi connectivity index (χ3v) is 6.28. The molecular weight excluding hydrogens is 448 g/mol. The maximum Gasteiger partial charge on any atom is 0.326 e. The topological polar surface area (TPSA) is 122 Å². The summed E-state index contributed by atoms with van der Waals surface area (Å²) < 4.78 is 5.93. The fourth-order valence-corrected chi connectivity index (χ4v) is 4.42. The summed E-state index contributed by atoms with van der Waals surface area (Å²) in [6, 6.07) is 9.65. The van der Waals surface area contributed by atoms with E-state index in [1.807, 2.05) is 17.0 Å². The van der Waals surface area contributed by atoms with Gasteiger partial charge in [0.2, 0.25) is 5.88 Å². The zero-order chi connectivity index (χ0) is 24.4. The Morgan fingerprint density at radius 2 is 1.80 bits per heavy atom. The summed E-state index contributed by atoms with van der Waals surface area (Å²) in [5, 5.41) is 14.3. The van der Waals surface area contributed by atoms with Gasteiger partial charge in [0.05, 0.1) is 0 Å². The molecule has 0 amide bonds. The number of hydrogen-bond acceptors (Lipinski definition) is 8. The van der Waals surface area contributed by atoms with E-state index in [9.17, 15) is 19.5 Å². The Labute approximate surface area is 200 Å². The van der Waals surface area contributed by atoms with Crippen molar-refractivity contribution in [2.45, 2.75) is 31.7 Å². The lowest BCUT2D eigenvalue weighted by Gasteiger charge is -2.31. The van der Waals surface area contributed by atoms with Crippen molar-refractivity contribution < 1.29 is 14.6 Å². The van der Waals surface area contributed by atoms with Crippen molar-refractivity contribution in [3.8, 4) is 11.6 Å². The van der Waals surface area contributed by atoms with E-state index >= 15 is 0 Å². The number of nitrogens with one attached hydrogen (secondary N) is 1. The van der Waals surface area contributed by atoms with Gasteiger partial charge >= 0.3 is 5.97 Å². The first-order valence-corrected chi connectivity index (χ1v) is 11.5. The van der Waals surface area contributed by atoms with E-state index in [2.05, 4.69) is 15.3 Å². The normalized spacial score (nSPS) is 14.7. The van der Waals surface area contributed by atoms with E-state index in [4.69, 9.17) is 4.74 Å². The quantitative estimate of drug-likeness (QED) is 0.373. The monoisotopic (exact) mass is 472 g/mol. The predicted octanol–water partition coefficient (Wildman–Crippen LogP) is 3.12. The van der Waals surface area contributed by atoms with Crippen molar-refractivity contribution in [3.05, 3.63) is 81.0 Å². The van der Waals surface area contributed by atoms with Crippen molar-refractivity contribution in [2.24, 2.45) is 0 Å². The highest BCUT2D eigenvalue weighted by molar-refractivity contribution is 5.86. The van der Waals surface area contributed by atoms with Gasteiger partial charge in [-0.05, 0) is 49.1 Å². The molecule has 3 heterocycles. The van der Waals surface area contributed by atoms with Crippen LogP contribution in [0.5, 0.6) is 11.6 Å². The Hall–Kier alpha value is -4.27. The number of rotatable bonds is 8. The number of pyridine rings is 2. The molecular formula is C26H24N4O5. The molecule has 1 atom stereocenters. The second kappa shape index (κ2) is 9.54. The summed E-state index contributed by atoms with van der Waals surface area (Å²) in [6.07, 6.45) is 8.16. The zero-order valence-electron chi connectivity index (χ0n) is 18.9. The van der Waals surface area contributed by atoms with Crippen molar-refractivity contribution in [2.75, 3.05) is 23.3 Å². The molecule has 35 heavy (non-hydrogen) atoms. The first-order valence-electron chi connectivity index (χ1n) is 11.5. The maximum atomic E-state index is 12.2. The van der Waals surface area contributed by atoms with Gasteiger partial charge in [0.15, 0.2) is 0 Å². The van der Waals surface area contributed by atoms with Crippen molar-refractivity contribution in [1.29, 1.82) is 0 Å². The van der Waals surface area contributed by atoms with Crippen LogP contribution in [0.2, 0.25) is 0 Å².